The van der Waals surface area contributed by atoms with E-state index < -0.39 is 26.3 Å². The Bertz CT molecular complexity index is 2270. The number of hydrogen-bond donors (Lipinski definition) is 0. The Morgan fingerprint density at radius 1 is 1.06 bits per heavy atom. The fraction of sp³-hybridized carbons (Fsp3) is 0.533. The highest BCUT2D eigenvalue weighted by atomic mass is 28.3. The number of halogens is 2. The van der Waals surface area contributed by atoms with E-state index in [4.69, 9.17) is 19.7 Å². The van der Waals surface area contributed by atoms with Crippen LogP contribution in [0, 0.1) is 30.1 Å². The summed E-state index contributed by atoms with van der Waals surface area (Å²) >= 11 is 0. The number of pyridine rings is 1. The molecule has 4 atom stereocenters. The molecule has 2 aromatic heterocycles. The first-order valence-corrected chi connectivity index (χ1v) is 22.3. The predicted molar refractivity (Wildman–Crippen MR) is 219 cm³/mol. The second-order valence-electron chi connectivity index (χ2n) is 17.3. The molecule has 284 valence electrons. The second kappa shape index (κ2) is 14.0. The normalized spacial score (nSPS) is 25.1. The van der Waals surface area contributed by atoms with Crippen LogP contribution in [0.3, 0.4) is 0 Å². The van der Waals surface area contributed by atoms with E-state index in [2.05, 4.69) is 64.5 Å². The molecule has 0 unspecified atom stereocenters. The molecule has 0 amide bonds. The average molecular weight is 750 g/mol. The van der Waals surface area contributed by atoms with E-state index in [0.717, 1.165) is 54.3 Å². The summed E-state index contributed by atoms with van der Waals surface area (Å²) in [7, 11) is -2.19. The van der Waals surface area contributed by atoms with Crippen molar-refractivity contribution in [1.82, 2.24) is 19.9 Å². The maximum atomic E-state index is 16.1. The van der Waals surface area contributed by atoms with Crippen molar-refractivity contribution < 1.29 is 16.3 Å². The lowest BCUT2D eigenvalue weighted by Gasteiger charge is -2.38. The lowest BCUT2D eigenvalue weighted by atomic mass is 9.94. The van der Waals surface area contributed by atoms with Gasteiger partial charge in [0.1, 0.15) is 32.4 Å². The van der Waals surface area contributed by atoms with Crippen LogP contribution in [-0.4, -0.2) is 71.9 Å². The molecular weight excluding hydrogens is 693 g/mol. The zero-order valence-corrected chi connectivity index (χ0v) is 33.9. The Labute approximate surface area is 323 Å². The van der Waals surface area contributed by atoms with Crippen molar-refractivity contribution >= 4 is 35.6 Å². The molecule has 0 bridgehead atoms. The van der Waals surface area contributed by atoms with Gasteiger partial charge in [0.25, 0.3) is 0 Å². The first-order valence-electron chi connectivity index (χ1n) is 21.0. The van der Waals surface area contributed by atoms with E-state index in [9.17, 15) is 2.74 Å². The molecule has 3 saturated heterocycles. The van der Waals surface area contributed by atoms with Crippen molar-refractivity contribution in [3.8, 4) is 28.7 Å². The SMILES string of the molecule is [2H]C([2H])(Oc1nc(N2CCCC[C@H]3[C@H](F)[C@H]32)c2cnc(-c3cccc4ccc(F)c(C#C[Si](C(C)C)(C(C)C)C(C)C)c34)c(C)c2n1)[C@@]12CCCN1CC(=C)C2. The molecule has 1 aliphatic carbocycles. The summed E-state index contributed by atoms with van der Waals surface area (Å²) in [4.78, 5) is 19.1. The zero-order valence-electron chi connectivity index (χ0n) is 34.9. The third-order valence-electron chi connectivity index (χ3n) is 13.2. The fourth-order valence-corrected chi connectivity index (χ4v) is 15.7. The molecule has 4 fully saturated rings. The van der Waals surface area contributed by atoms with Gasteiger partial charge in [0.15, 0.2) is 0 Å². The van der Waals surface area contributed by atoms with E-state index in [1.807, 2.05) is 30.0 Å². The summed E-state index contributed by atoms with van der Waals surface area (Å²) in [5.41, 5.74) is 8.03. The quantitative estimate of drug-likeness (QED) is 0.102. The van der Waals surface area contributed by atoms with Crippen LogP contribution in [0.25, 0.3) is 32.9 Å². The minimum absolute atomic E-state index is 0.0592. The van der Waals surface area contributed by atoms with Crippen LogP contribution in [0.2, 0.25) is 16.6 Å². The number of hydrogen-bond acceptors (Lipinski definition) is 6. The number of anilines is 1. The van der Waals surface area contributed by atoms with Gasteiger partial charge in [-0.2, -0.15) is 9.97 Å². The second-order valence-corrected chi connectivity index (χ2v) is 22.9. The highest BCUT2D eigenvalue weighted by Gasteiger charge is 2.55. The minimum Gasteiger partial charge on any atom is -0.461 e. The van der Waals surface area contributed by atoms with Crippen LogP contribution in [0.4, 0.5) is 14.6 Å². The van der Waals surface area contributed by atoms with E-state index in [0.29, 0.717) is 75.9 Å². The van der Waals surface area contributed by atoms with Gasteiger partial charge in [-0.3, -0.25) is 9.88 Å². The molecule has 6 nitrogen and oxygen atoms in total. The molecule has 5 heterocycles. The van der Waals surface area contributed by atoms with Gasteiger partial charge in [0.05, 0.1) is 36.5 Å². The number of benzene rings is 2. The summed E-state index contributed by atoms with van der Waals surface area (Å²) in [6, 6.07) is 8.81. The Morgan fingerprint density at radius 2 is 1.83 bits per heavy atom. The lowest BCUT2D eigenvalue weighted by molar-refractivity contribution is 0.108. The summed E-state index contributed by atoms with van der Waals surface area (Å²) < 4.78 is 56.6. The number of fused-ring (bicyclic) bond motifs is 4. The van der Waals surface area contributed by atoms with Crippen LogP contribution in [-0.2, 0) is 0 Å². The minimum atomic E-state index is -2.19. The van der Waals surface area contributed by atoms with Crippen LogP contribution < -0.4 is 9.64 Å². The van der Waals surface area contributed by atoms with Gasteiger partial charge in [0, 0.05) is 41.7 Å². The molecule has 3 aliphatic heterocycles. The highest BCUT2D eigenvalue weighted by Crippen LogP contribution is 2.48. The molecule has 2 aromatic carbocycles. The highest BCUT2D eigenvalue weighted by molar-refractivity contribution is 6.90. The van der Waals surface area contributed by atoms with E-state index in [1.54, 1.807) is 12.3 Å². The van der Waals surface area contributed by atoms with Crippen LogP contribution >= 0.6 is 0 Å². The fourth-order valence-electron chi connectivity index (χ4n) is 10.5. The third kappa shape index (κ3) is 6.03. The standard InChI is InChI=1S/C45H55F2N5OSi/c1-27(2)54(28(3)4,29(5)6)22-18-33-37(46)17-16-32-13-11-15-34(38(32)33)40-31(8)41-36(24-48-40)43(52-21-10-9-14-35-39(47)42(35)52)50-44(49-41)53-26-45-19-12-20-51(45)25-30(7)23-45/h11,13,15-17,24,27-29,35,39,42H,7,9-10,12,14,19-21,23,25-26H2,1-6,8H3/t35-,39-,42-,45-/m0/s1/i26D2. The molecule has 4 aliphatic rings. The summed E-state index contributed by atoms with van der Waals surface area (Å²) in [6.45, 7) is 19.6. The van der Waals surface area contributed by atoms with Crippen molar-refractivity contribution in [2.24, 2.45) is 5.92 Å². The van der Waals surface area contributed by atoms with E-state index in [-0.39, 0.29) is 23.8 Å². The maximum absolute atomic E-state index is 16.1. The number of aromatic nitrogens is 3. The van der Waals surface area contributed by atoms with Crippen molar-refractivity contribution in [2.75, 3.05) is 31.1 Å². The van der Waals surface area contributed by atoms with Crippen molar-refractivity contribution in [2.45, 2.75) is 121 Å². The maximum Gasteiger partial charge on any atom is 0.319 e. The number of ether oxygens (including phenoxy) is 1. The Balaban J connectivity index is 1.31. The third-order valence-corrected chi connectivity index (χ3v) is 19.5. The molecule has 4 aromatic rings. The molecule has 0 radical (unpaired) electrons. The average Bonchev–Trinajstić information content (AvgIpc) is 3.50. The molecular formula is C45H55F2N5OSi. The van der Waals surface area contributed by atoms with E-state index in [1.165, 1.54) is 6.07 Å². The number of aryl methyl sites for hydroxylation is 1. The van der Waals surface area contributed by atoms with Gasteiger partial charge in [0.2, 0.25) is 0 Å². The molecule has 9 heteroatoms. The van der Waals surface area contributed by atoms with E-state index >= 15 is 8.78 Å². The first-order chi connectivity index (χ1) is 26.6. The van der Waals surface area contributed by atoms with Gasteiger partial charge in [-0.05, 0) is 73.6 Å². The molecule has 54 heavy (non-hydrogen) atoms. The van der Waals surface area contributed by atoms with Crippen molar-refractivity contribution in [3.63, 3.8) is 0 Å². The Hall–Kier alpha value is -3.87. The number of nitrogens with zero attached hydrogens (tertiary/aromatic N) is 5. The number of alkyl halides is 1. The van der Waals surface area contributed by atoms with Crippen LogP contribution in [0.15, 0.2) is 48.7 Å². The smallest absolute Gasteiger partial charge is 0.319 e. The van der Waals surface area contributed by atoms with Gasteiger partial charge < -0.3 is 9.64 Å². The number of rotatable bonds is 8. The molecule has 8 rings (SSSR count). The predicted octanol–water partition coefficient (Wildman–Crippen LogP) is 10.4. The van der Waals surface area contributed by atoms with Gasteiger partial charge >= 0.3 is 6.01 Å². The van der Waals surface area contributed by atoms with Crippen molar-refractivity contribution in [3.05, 3.63) is 65.6 Å². The van der Waals surface area contributed by atoms with Gasteiger partial charge in [-0.25, -0.2) is 8.78 Å². The first kappa shape index (κ1) is 34.6. The summed E-state index contributed by atoms with van der Waals surface area (Å²) in [5.74, 6) is 3.52. The van der Waals surface area contributed by atoms with Crippen LogP contribution in [0.5, 0.6) is 6.01 Å². The largest absolute Gasteiger partial charge is 0.461 e. The van der Waals surface area contributed by atoms with Gasteiger partial charge in [-0.1, -0.05) is 90.3 Å². The van der Waals surface area contributed by atoms with Crippen LogP contribution in [0.1, 0.15) is 93.9 Å². The topological polar surface area (TPSA) is 54.4 Å². The summed E-state index contributed by atoms with van der Waals surface area (Å²) in [5, 5.41) is 2.21. The van der Waals surface area contributed by atoms with Crippen molar-refractivity contribution in [1.29, 1.82) is 0 Å². The molecule has 0 spiro atoms. The summed E-state index contributed by atoms with van der Waals surface area (Å²) in [6.07, 6.45) is 5.48. The Morgan fingerprint density at radius 3 is 2.59 bits per heavy atom. The van der Waals surface area contributed by atoms with Gasteiger partial charge in [-0.15, -0.1) is 5.54 Å². The monoisotopic (exact) mass is 749 g/mol. The lowest BCUT2D eigenvalue weighted by Crippen LogP contribution is -2.43. The molecule has 0 N–H and O–H groups in total. The molecule has 1 saturated carbocycles. The Kier molecular flexibility index (Phi) is 8.98. The zero-order chi connectivity index (χ0) is 39.9.